The first kappa shape index (κ1) is 12.1. The second kappa shape index (κ2) is 3.87. The summed E-state index contributed by atoms with van der Waals surface area (Å²) in [6.45, 7) is 0. The summed E-state index contributed by atoms with van der Waals surface area (Å²) >= 11 is 5.31. The number of rotatable bonds is 2. The lowest BCUT2D eigenvalue weighted by atomic mass is 10.3. The van der Waals surface area contributed by atoms with Crippen LogP contribution in [0, 0.1) is 0 Å². The molecule has 0 unspecified atom stereocenters. The van der Waals surface area contributed by atoms with Gasteiger partial charge in [0.2, 0.25) is 5.03 Å². The van der Waals surface area contributed by atoms with Gasteiger partial charge in [-0.25, -0.2) is 27.3 Å². The highest BCUT2D eigenvalue weighted by molar-refractivity contribution is 7.89. The SMILES string of the molecule is NS(=O)(=O)c1nc(C(F)F)c(Cl)cc1O. The molecule has 0 saturated carbocycles. The van der Waals surface area contributed by atoms with Gasteiger partial charge in [0.25, 0.3) is 16.4 Å². The summed E-state index contributed by atoms with van der Waals surface area (Å²) in [5.74, 6) is -0.869. The highest BCUT2D eigenvalue weighted by Crippen LogP contribution is 2.31. The van der Waals surface area contributed by atoms with Crippen molar-refractivity contribution >= 4 is 21.6 Å². The average Bonchev–Trinajstić information content (AvgIpc) is 2.00. The zero-order valence-electron chi connectivity index (χ0n) is 6.99. The lowest BCUT2D eigenvalue weighted by Crippen LogP contribution is -2.15. The summed E-state index contributed by atoms with van der Waals surface area (Å²) in [5.41, 5.74) is -0.946. The summed E-state index contributed by atoms with van der Waals surface area (Å²) in [4.78, 5) is 3.00. The van der Waals surface area contributed by atoms with Gasteiger partial charge in [0.15, 0.2) is 5.75 Å². The third-order valence-corrected chi connectivity index (χ3v) is 2.57. The van der Waals surface area contributed by atoms with Crippen LogP contribution in [0.3, 0.4) is 0 Å². The van der Waals surface area contributed by atoms with Gasteiger partial charge in [-0.1, -0.05) is 11.6 Å². The summed E-state index contributed by atoms with van der Waals surface area (Å²) in [5, 5.41) is 12.2. The summed E-state index contributed by atoms with van der Waals surface area (Å²) in [7, 11) is -4.36. The van der Waals surface area contributed by atoms with Crippen molar-refractivity contribution in [1.82, 2.24) is 4.98 Å². The Labute approximate surface area is 88.5 Å². The van der Waals surface area contributed by atoms with Crippen LogP contribution >= 0.6 is 11.6 Å². The van der Waals surface area contributed by atoms with Gasteiger partial charge in [0.1, 0.15) is 5.69 Å². The molecule has 1 aromatic heterocycles. The van der Waals surface area contributed by atoms with Gasteiger partial charge >= 0.3 is 0 Å². The third-order valence-electron chi connectivity index (χ3n) is 1.43. The number of primary sulfonamides is 1. The molecule has 0 spiro atoms. The van der Waals surface area contributed by atoms with Crippen molar-refractivity contribution in [2.75, 3.05) is 0 Å². The highest BCUT2D eigenvalue weighted by Gasteiger charge is 2.22. The molecule has 0 radical (unpaired) electrons. The Morgan fingerprint density at radius 3 is 2.47 bits per heavy atom. The molecule has 1 aromatic rings. The fraction of sp³-hybridized carbons (Fsp3) is 0.167. The van der Waals surface area contributed by atoms with Crippen LogP contribution in [0.5, 0.6) is 5.75 Å². The summed E-state index contributed by atoms with van der Waals surface area (Å²) < 4.78 is 46.1. The minimum atomic E-state index is -4.36. The van der Waals surface area contributed by atoms with Crippen LogP contribution in [0.15, 0.2) is 11.1 Å². The van der Waals surface area contributed by atoms with Crippen LogP contribution in [0.4, 0.5) is 8.78 Å². The molecule has 0 aliphatic heterocycles. The van der Waals surface area contributed by atoms with Crippen molar-refractivity contribution < 1.29 is 22.3 Å². The molecule has 0 amide bonds. The predicted octanol–water partition coefficient (Wildman–Crippen LogP) is 1.03. The Balaban J connectivity index is 3.50. The number of sulfonamides is 1. The lowest BCUT2D eigenvalue weighted by Gasteiger charge is -2.06. The number of aromatic hydroxyl groups is 1. The lowest BCUT2D eigenvalue weighted by molar-refractivity contribution is 0.145. The number of nitrogens with two attached hydrogens (primary N) is 1. The predicted molar refractivity (Wildman–Crippen MR) is 47.2 cm³/mol. The van der Waals surface area contributed by atoms with E-state index in [1.54, 1.807) is 0 Å². The topological polar surface area (TPSA) is 93.3 Å². The van der Waals surface area contributed by atoms with Crippen molar-refractivity contribution in [3.05, 3.63) is 16.8 Å². The zero-order chi connectivity index (χ0) is 11.8. The Morgan fingerprint density at radius 1 is 1.53 bits per heavy atom. The molecular formula is C6H5ClF2N2O3S. The normalized spacial score (nSPS) is 12.1. The molecule has 5 nitrogen and oxygen atoms in total. The number of hydrogen-bond donors (Lipinski definition) is 2. The van der Waals surface area contributed by atoms with Gasteiger partial charge in [-0.3, -0.25) is 0 Å². The first-order valence-electron chi connectivity index (χ1n) is 3.44. The zero-order valence-corrected chi connectivity index (χ0v) is 8.56. The maximum Gasteiger partial charge on any atom is 0.281 e. The monoisotopic (exact) mass is 258 g/mol. The molecule has 15 heavy (non-hydrogen) atoms. The molecule has 0 atom stereocenters. The van der Waals surface area contributed by atoms with E-state index in [0.29, 0.717) is 6.07 Å². The number of alkyl halides is 2. The van der Waals surface area contributed by atoms with E-state index < -0.39 is 37.9 Å². The Bertz CT molecular complexity index is 491. The minimum absolute atomic E-state index is 0.532. The van der Waals surface area contributed by atoms with Crippen LogP contribution in [-0.2, 0) is 10.0 Å². The number of halogens is 3. The molecule has 0 fully saturated rings. The van der Waals surface area contributed by atoms with E-state index in [9.17, 15) is 17.2 Å². The molecule has 84 valence electrons. The van der Waals surface area contributed by atoms with Gasteiger partial charge < -0.3 is 5.11 Å². The molecule has 3 N–H and O–H groups in total. The number of hydrogen-bond acceptors (Lipinski definition) is 4. The molecule has 0 saturated heterocycles. The van der Waals surface area contributed by atoms with Crippen molar-refractivity contribution in [2.24, 2.45) is 5.14 Å². The van der Waals surface area contributed by atoms with Crippen molar-refractivity contribution in [3.63, 3.8) is 0 Å². The van der Waals surface area contributed by atoms with Gasteiger partial charge in [0.05, 0.1) is 5.02 Å². The molecule has 9 heteroatoms. The van der Waals surface area contributed by atoms with Crippen LogP contribution < -0.4 is 5.14 Å². The Morgan fingerprint density at radius 2 is 2.07 bits per heavy atom. The fourth-order valence-electron chi connectivity index (χ4n) is 0.838. The largest absolute Gasteiger partial charge is 0.505 e. The van der Waals surface area contributed by atoms with E-state index in [2.05, 4.69) is 10.1 Å². The molecule has 0 aliphatic carbocycles. The molecule has 1 rings (SSSR count). The van der Waals surface area contributed by atoms with Gasteiger partial charge in [-0.15, -0.1) is 0 Å². The second-order valence-electron chi connectivity index (χ2n) is 2.53. The van der Waals surface area contributed by atoms with Gasteiger partial charge in [0, 0.05) is 6.07 Å². The molecule has 0 aromatic carbocycles. The van der Waals surface area contributed by atoms with Crippen molar-refractivity contribution in [1.29, 1.82) is 0 Å². The maximum absolute atomic E-state index is 12.3. The highest BCUT2D eigenvalue weighted by atomic mass is 35.5. The maximum atomic E-state index is 12.3. The quantitative estimate of drug-likeness (QED) is 0.828. The second-order valence-corrected chi connectivity index (χ2v) is 4.41. The smallest absolute Gasteiger partial charge is 0.281 e. The fourth-order valence-corrected chi connectivity index (χ4v) is 1.64. The summed E-state index contributed by atoms with van der Waals surface area (Å²) in [6, 6.07) is 0.649. The Kier molecular flexibility index (Phi) is 3.12. The van der Waals surface area contributed by atoms with E-state index in [-0.39, 0.29) is 0 Å². The Hall–Kier alpha value is -0.990. The number of nitrogens with zero attached hydrogens (tertiary/aromatic N) is 1. The number of pyridine rings is 1. The molecular weight excluding hydrogens is 254 g/mol. The summed E-state index contributed by atoms with van der Waals surface area (Å²) in [6.07, 6.45) is -3.06. The average molecular weight is 259 g/mol. The van der Waals surface area contributed by atoms with Crippen LogP contribution in [0.2, 0.25) is 5.02 Å². The first-order chi connectivity index (χ1) is 6.73. The number of aromatic nitrogens is 1. The van der Waals surface area contributed by atoms with E-state index in [1.165, 1.54) is 0 Å². The van der Waals surface area contributed by atoms with Gasteiger partial charge in [-0.2, -0.15) is 0 Å². The van der Waals surface area contributed by atoms with Crippen LogP contribution in [-0.4, -0.2) is 18.5 Å². The van der Waals surface area contributed by atoms with Crippen molar-refractivity contribution in [3.8, 4) is 5.75 Å². The van der Waals surface area contributed by atoms with Gasteiger partial charge in [-0.05, 0) is 0 Å². The standard InChI is InChI=1S/C6H5ClF2N2O3S/c7-2-1-3(12)6(15(10,13)14)11-4(2)5(8)9/h1,5,12H,(H2,10,13,14). The van der Waals surface area contributed by atoms with Crippen molar-refractivity contribution in [2.45, 2.75) is 11.5 Å². The molecule has 0 aliphatic rings. The van der Waals surface area contributed by atoms with E-state index in [4.69, 9.17) is 16.7 Å². The van der Waals surface area contributed by atoms with E-state index in [1.807, 2.05) is 0 Å². The molecule has 0 bridgehead atoms. The van der Waals surface area contributed by atoms with Crippen LogP contribution in [0.1, 0.15) is 12.1 Å². The third kappa shape index (κ3) is 2.52. The molecule has 1 heterocycles. The van der Waals surface area contributed by atoms with E-state index >= 15 is 0 Å². The minimum Gasteiger partial charge on any atom is -0.505 e. The van der Waals surface area contributed by atoms with Crippen LogP contribution in [0.25, 0.3) is 0 Å². The first-order valence-corrected chi connectivity index (χ1v) is 5.36. The van der Waals surface area contributed by atoms with E-state index in [0.717, 1.165) is 0 Å².